The van der Waals surface area contributed by atoms with Crippen molar-refractivity contribution in [2.45, 2.75) is 50.9 Å². The van der Waals surface area contributed by atoms with Crippen LogP contribution in [0.5, 0.6) is 0 Å². The smallest absolute Gasteiger partial charge is 0.246 e. The van der Waals surface area contributed by atoms with Gasteiger partial charge in [-0.15, -0.1) is 11.8 Å². The molecular weight excluding hydrogens is 304 g/mol. The number of likely N-dealkylation sites (N-methyl/N-ethyl adjacent to an activating group) is 1. The zero-order valence-corrected chi connectivity index (χ0v) is 14.4. The van der Waals surface area contributed by atoms with E-state index in [-0.39, 0.29) is 24.3 Å². The average molecular weight is 326 g/mol. The highest BCUT2D eigenvalue weighted by Gasteiger charge is 2.38. The molecule has 1 aromatic rings. The summed E-state index contributed by atoms with van der Waals surface area (Å²) in [6.45, 7) is 7.88. The number of nitrogens with zero attached hydrogens (tertiary/aromatic N) is 3. The first kappa shape index (κ1) is 16.8. The maximum atomic E-state index is 12.4. The lowest BCUT2D eigenvalue weighted by molar-refractivity contribution is -0.136. The molecule has 1 aliphatic heterocycles. The molecule has 7 nitrogen and oxygen atoms in total. The van der Waals surface area contributed by atoms with Crippen molar-refractivity contribution < 1.29 is 14.1 Å². The number of amides is 2. The molecule has 0 radical (unpaired) electrons. The second-order valence-electron chi connectivity index (χ2n) is 6.25. The Morgan fingerprint density at radius 3 is 2.77 bits per heavy atom. The first-order valence-electron chi connectivity index (χ1n) is 7.23. The quantitative estimate of drug-likeness (QED) is 0.893. The molecule has 1 aliphatic rings. The molecule has 0 aromatic carbocycles. The van der Waals surface area contributed by atoms with Crippen molar-refractivity contribution in [3.05, 3.63) is 11.7 Å². The number of aromatic nitrogens is 2. The van der Waals surface area contributed by atoms with Gasteiger partial charge in [-0.1, -0.05) is 19.0 Å². The number of hydrogen-bond acceptors (Lipinski definition) is 6. The van der Waals surface area contributed by atoms with Gasteiger partial charge in [0.25, 0.3) is 0 Å². The van der Waals surface area contributed by atoms with Gasteiger partial charge in [-0.05, 0) is 13.8 Å². The maximum Gasteiger partial charge on any atom is 0.246 e. The van der Waals surface area contributed by atoms with Gasteiger partial charge >= 0.3 is 0 Å². The highest BCUT2D eigenvalue weighted by Crippen LogP contribution is 2.29. The highest BCUT2D eigenvalue weighted by molar-refractivity contribution is 8.01. The van der Waals surface area contributed by atoms with Crippen molar-refractivity contribution in [2.24, 2.45) is 0 Å². The molecular formula is C14H22N4O3S. The third kappa shape index (κ3) is 3.60. The van der Waals surface area contributed by atoms with E-state index in [1.165, 1.54) is 16.7 Å². The van der Waals surface area contributed by atoms with Gasteiger partial charge in [0, 0.05) is 18.7 Å². The fourth-order valence-electron chi connectivity index (χ4n) is 1.99. The van der Waals surface area contributed by atoms with Crippen molar-refractivity contribution in [3.63, 3.8) is 0 Å². The third-order valence-corrected chi connectivity index (χ3v) is 4.90. The molecule has 0 bridgehead atoms. The summed E-state index contributed by atoms with van der Waals surface area (Å²) in [7, 11) is 1.67. The highest BCUT2D eigenvalue weighted by atomic mass is 32.2. The molecule has 1 atom stereocenters. The molecule has 0 spiro atoms. The Morgan fingerprint density at radius 2 is 2.23 bits per heavy atom. The van der Waals surface area contributed by atoms with Crippen LogP contribution in [0.25, 0.3) is 0 Å². The summed E-state index contributed by atoms with van der Waals surface area (Å²) < 4.78 is 4.63. The minimum absolute atomic E-state index is 0.114. The number of carbonyl (C=O) groups excluding carboxylic acids is 2. The molecule has 8 heteroatoms. The van der Waals surface area contributed by atoms with E-state index < -0.39 is 10.8 Å². The first-order valence-corrected chi connectivity index (χ1v) is 8.21. The first-order chi connectivity index (χ1) is 10.2. The van der Waals surface area contributed by atoms with Crippen LogP contribution in [-0.2, 0) is 16.1 Å². The minimum Gasteiger partial charge on any atom is -0.342 e. The summed E-state index contributed by atoms with van der Waals surface area (Å²) >= 11 is 1.49. The number of thioether (sulfide) groups is 1. The molecule has 1 fully saturated rings. The Morgan fingerprint density at radius 1 is 1.55 bits per heavy atom. The van der Waals surface area contributed by atoms with Gasteiger partial charge in [0.1, 0.15) is 6.04 Å². The van der Waals surface area contributed by atoms with Crippen LogP contribution in [0, 0.1) is 0 Å². The number of nitrogens with one attached hydrogen (secondary N) is 1. The van der Waals surface area contributed by atoms with E-state index in [1.54, 1.807) is 7.05 Å². The van der Waals surface area contributed by atoms with E-state index in [1.807, 2.05) is 27.7 Å². The molecule has 1 aromatic heterocycles. The van der Waals surface area contributed by atoms with Crippen molar-refractivity contribution in [1.29, 1.82) is 0 Å². The third-order valence-electron chi connectivity index (χ3n) is 3.49. The van der Waals surface area contributed by atoms with Gasteiger partial charge in [0.15, 0.2) is 5.82 Å². The number of carbonyl (C=O) groups is 2. The summed E-state index contributed by atoms with van der Waals surface area (Å²) in [4.78, 5) is 30.1. The van der Waals surface area contributed by atoms with Gasteiger partial charge in [-0.3, -0.25) is 9.59 Å². The van der Waals surface area contributed by atoms with Crippen LogP contribution >= 0.6 is 11.8 Å². The summed E-state index contributed by atoms with van der Waals surface area (Å²) in [5, 5.41) is 6.65. The van der Waals surface area contributed by atoms with Crippen LogP contribution in [0.1, 0.15) is 45.3 Å². The molecule has 2 rings (SSSR count). The zero-order valence-electron chi connectivity index (χ0n) is 13.5. The summed E-state index contributed by atoms with van der Waals surface area (Å²) in [6, 6.07) is -0.507. The van der Waals surface area contributed by atoms with Crippen molar-refractivity contribution in [2.75, 3.05) is 12.8 Å². The SMILES string of the molecule is CC(C)c1nc(CN(C)C(=O)[C@@H]2CSC(C)(C)C(=O)N2)no1. The Balaban J connectivity index is 1.96. The van der Waals surface area contributed by atoms with Crippen molar-refractivity contribution in [3.8, 4) is 0 Å². The van der Waals surface area contributed by atoms with Gasteiger partial charge in [-0.2, -0.15) is 4.98 Å². The maximum absolute atomic E-state index is 12.4. The predicted octanol–water partition coefficient (Wildman–Crippen LogP) is 1.16. The van der Waals surface area contributed by atoms with Crippen LogP contribution in [0.4, 0.5) is 0 Å². The van der Waals surface area contributed by atoms with Crippen molar-refractivity contribution in [1.82, 2.24) is 20.4 Å². The van der Waals surface area contributed by atoms with Crippen LogP contribution in [0.3, 0.4) is 0 Å². The molecule has 0 unspecified atom stereocenters. The fourth-order valence-corrected chi connectivity index (χ4v) is 2.99. The minimum atomic E-state index is -0.507. The lowest BCUT2D eigenvalue weighted by atomic mass is 10.1. The molecule has 0 saturated carbocycles. The standard InChI is InChI=1S/C14H22N4O3S/c1-8(2)11-16-10(17-21-11)6-18(5)12(19)9-7-22-14(3,4)13(20)15-9/h8-9H,6-7H2,1-5H3,(H,15,20)/t9-/m0/s1. The Hall–Kier alpha value is -1.57. The predicted molar refractivity (Wildman–Crippen MR) is 83.3 cm³/mol. The Bertz CT molecular complexity index is 570. The molecule has 122 valence electrons. The fraction of sp³-hybridized carbons (Fsp3) is 0.714. The lowest BCUT2D eigenvalue weighted by Gasteiger charge is -2.34. The largest absolute Gasteiger partial charge is 0.342 e. The molecule has 0 aliphatic carbocycles. The van der Waals surface area contributed by atoms with Crippen molar-refractivity contribution >= 4 is 23.6 Å². The van der Waals surface area contributed by atoms with Crippen LogP contribution in [-0.4, -0.2) is 50.4 Å². The molecule has 22 heavy (non-hydrogen) atoms. The summed E-state index contributed by atoms with van der Waals surface area (Å²) in [5.74, 6) is 1.47. The molecule has 1 saturated heterocycles. The average Bonchev–Trinajstić information content (AvgIpc) is 2.89. The van der Waals surface area contributed by atoms with Gasteiger partial charge in [0.2, 0.25) is 17.7 Å². The summed E-state index contributed by atoms with van der Waals surface area (Å²) in [5.41, 5.74) is 0. The molecule has 2 heterocycles. The Labute approximate surface area is 134 Å². The number of rotatable bonds is 4. The van der Waals surface area contributed by atoms with Crippen LogP contribution in [0.2, 0.25) is 0 Å². The molecule has 1 N–H and O–H groups in total. The van der Waals surface area contributed by atoms with Crippen LogP contribution < -0.4 is 5.32 Å². The van der Waals surface area contributed by atoms with E-state index in [0.29, 0.717) is 17.5 Å². The zero-order chi connectivity index (χ0) is 16.5. The van der Waals surface area contributed by atoms with Gasteiger partial charge < -0.3 is 14.7 Å². The molecule has 2 amide bonds. The van der Waals surface area contributed by atoms with Gasteiger partial charge in [0.05, 0.1) is 11.3 Å². The van der Waals surface area contributed by atoms with E-state index in [4.69, 9.17) is 4.52 Å². The topological polar surface area (TPSA) is 88.3 Å². The second kappa shape index (κ2) is 6.28. The lowest BCUT2D eigenvalue weighted by Crippen LogP contribution is -2.57. The Kier molecular flexibility index (Phi) is 4.79. The normalized spacial score (nSPS) is 20.8. The van der Waals surface area contributed by atoms with E-state index in [9.17, 15) is 9.59 Å². The monoisotopic (exact) mass is 326 g/mol. The van der Waals surface area contributed by atoms with E-state index >= 15 is 0 Å². The van der Waals surface area contributed by atoms with E-state index in [2.05, 4.69) is 15.5 Å². The van der Waals surface area contributed by atoms with Gasteiger partial charge in [-0.25, -0.2) is 0 Å². The summed E-state index contributed by atoms with van der Waals surface area (Å²) in [6.07, 6.45) is 0. The number of hydrogen-bond donors (Lipinski definition) is 1. The van der Waals surface area contributed by atoms with E-state index in [0.717, 1.165) is 0 Å². The second-order valence-corrected chi connectivity index (χ2v) is 7.89. The van der Waals surface area contributed by atoms with Crippen LogP contribution in [0.15, 0.2) is 4.52 Å².